The van der Waals surface area contributed by atoms with E-state index in [1.807, 2.05) is 0 Å². The molecule has 0 saturated carbocycles. The van der Waals surface area contributed by atoms with Crippen molar-refractivity contribution in [2.24, 2.45) is 0 Å². The van der Waals surface area contributed by atoms with Crippen molar-refractivity contribution < 1.29 is 0 Å². The summed E-state index contributed by atoms with van der Waals surface area (Å²) < 4.78 is 0. The maximum atomic E-state index is 4.94. The minimum atomic E-state index is 0.528. The minimum Gasteiger partial charge on any atom is -0.352 e. The Kier molecular flexibility index (Phi) is 4.22. The third-order valence-corrected chi connectivity index (χ3v) is 6.02. The Bertz CT molecular complexity index is 616. The predicted octanol–water partition coefficient (Wildman–Crippen LogP) is 4.46. The summed E-state index contributed by atoms with van der Waals surface area (Å²) in [4.78, 5) is 7.42. The van der Waals surface area contributed by atoms with Crippen LogP contribution in [-0.4, -0.2) is 28.6 Å². The molecule has 0 bridgehead atoms. The molecule has 2 aromatic rings. The Morgan fingerprint density at radius 2 is 2.15 bits per heavy atom. The number of aromatic nitrogens is 1. The number of pyridine rings is 1. The Morgan fingerprint density at radius 1 is 1.35 bits per heavy atom. The van der Waals surface area contributed by atoms with E-state index in [9.17, 15) is 0 Å². The first-order chi connectivity index (χ1) is 9.70. The summed E-state index contributed by atoms with van der Waals surface area (Å²) in [6, 6.07) is 11.2. The molecule has 1 aromatic carbocycles. The van der Waals surface area contributed by atoms with E-state index in [0.29, 0.717) is 11.3 Å². The maximum Gasteiger partial charge on any atom is 0.133 e. The summed E-state index contributed by atoms with van der Waals surface area (Å²) in [5, 5.41) is 2.73. The van der Waals surface area contributed by atoms with E-state index in [-0.39, 0.29) is 0 Å². The van der Waals surface area contributed by atoms with Gasteiger partial charge in [-0.2, -0.15) is 11.8 Å². The highest BCUT2D eigenvalue weighted by Gasteiger charge is 2.27. The van der Waals surface area contributed by atoms with Gasteiger partial charge in [-0.15, -0.1) is 0 Å². The summed E-state index contributed by atoms with van der Waals surface area (Å²) in [5.74, 6) is 2.34. The Hall–Kier alpha value is -0.740. The largest absolute Gasteiger partial charge is 0.352 e. The van der Waals surface area contributed by atoms with E-state index in [1.54, 1.807) is 0 Å². The molecule has 1 aromatic heterocycles. The van der Waals surface area contributed by atoms with E-state index in [4.69, 9.17) is 4.98 Å². The SMILES string of the molecule is CC1SCCN(c2nc3ccccc3cc2CBr)C1C. The van der Waals surface area contributed by atoms with Gasteiger partial charge in [0, 0.05) is 39.9 Å². The summed E-state index contributed by atoms with van der Waals surface area (Å²) in [5.41, 5.74) is 2.37. The Labute approximate surface area is 133 Å². The highest BCUT2D eigenvalue weighted by Crippen LogP contribution is 2.32. The number of halogens is 1. The standard InChI is InChI=1S/C16H19BrN2S/c1-11-12(2)20-8-7-19(11)16-14(10-17)9-13-5-3-4-6-15(13)18-16/h3-6,9,11-12H,7-8,10H2,1-2H3. The first-order valence-corrected chi connectivity index (χ1v) is 9.20. The molecule has 1 aliphatic rings. The summed E-state index contributed by atoms with van der Waals surface area (Å²) in [6.07, 6.45) is 0. The molecular formula is C16H19BrN2S. The fraction of sp³-hybridized carbons (Fsp3) is 0.438. The van der Waals surface area contributed by atoms with Gasteiger partial charge in [-0.25, -0.2) is 4.98 Å². The molecule has 0 amide bonds. The van der Waals surface area contributed by atoms with Crippen LogP contribution in [0.2, 0.25) is 0 Å². The average Bonchev–Trinajstić information content (AvgIpc) is 2.48. The van der Waals surface area contributed by atoms with Gasteiger partial charge < -0.3 is 4.90 Å². The lowest BCUT2D eigenvalue weighted by Gasteiger charge is -2.39. The van der Waals surface area contributed by atoms with Gasteiger partial charge in [0.15, 0.2) is 0 Å². The van der Waals surface area contributed by atoms with Crippen molar-refractivity contribution in [2.75, 3.05) is 17.2 Å². The summed E-state index contributed by atoms with van der Waals surface area (Å²) >= 11 is 5.68. The van der Waals surface area contributed by atoms with Crippen LogP contribution in [0.3, 0.4) is 0 Å². The number of alkyl halides is 1. The molecule has 1 aliphatic heterocycles. The van der Waals surface area contributed by atoms with Crippen molar-refractivity contribution in [1.29, 1.82) is 0 Å². The predicted molar refractivity (Wildman–Crippen MR) is 93.1 cm³/mol. The lowest BCUT2D eigenvalue weighted by atomic mass is 10.1. The quantitative estimate of drug-likeness (QED) is 0.743. The van der Waals surface area contributed by atoms with E-state index in [0.717, 1.165) is 23.2 Å². The molecule has 2 unspecified atom stereocenters. The van der Waals surface area contributed by atoms with Crippen LogP contribution < -0.4 is 4.90 Å². The van der Waals surface area contributed by atoms with Crippen LogP contribution in [0.1, 0.15) is 19.4 Å². The van der Waals surface area contributed by atoms with Crippen molar-refractivity contribution in [3.63, 3.8) is 0 Å². The molecule has 106 valence electrons. The molecule has 2 atom stereocenters. The van der Waals surface area contributed by atoms with Crippen LogP contribution in [0, 0.1) is 0 Å². The van der Waals surface area contributed by atoms with Crippen molar-refractivity contribution in [2.45, 2.75) is 30.5 Å². The number of thioether (sulfide) groups is 1. The number of anilines is 1. The molecule has 2 heterocycles. The average molecular weight is 351 g/mol. The van der Waals surface area contributed by atoms with Crippen LogP contribution in [0.25, 0.3) is 10.9 Å². The molecule has 1 fully saturated rings. The monoisotopic (exact) mass is 350 g/mol. The number of hydrogen-bond acceptors (Lipinski definition) is 3. The number of fused-ring (bicyclic) bond motifs is 1. The number of rotatable bonds is 2. The fourth-order valence-corrected chi connectivity index (χ4v) is 4.24. The van der Waals surface area contributed by atoms with Crippen LogP contribution in [0.4, 0.5) is 5.82 Å². The molecule has 2 nitrogen and oxygen atoms in total. The van der Waals surface area contributed by atoms with Gasteiger partial charge >= 0.3 is 0 Å². The van der Waals surface area contributed by atoms with Gasteiger partial charge in [-0.1, -0.05) is 41.1 Å². The zero-order valence-electron chi connectivity index (χ0n) is 11.8. The Morgan fingerprint density at radius 3 is 2.95 bits per heavy atom. The summed E-state index contributed by atoms with van der Waals surface area (Å²) in [6.45, 7) is 5.71. The molecule has 3 rings (SSSR count). The third-order valence-electron chi connectivity index (χ3n) is 4.08. The smallest absolute Gasteiger partial charge is 0.133 e. The molecule has 20 heavy (non-hydrogen) atoms. The number of nitrogens with zero attached hydrogens (tertiary/aromatic N) is 2. The molecule has 4 heteroatoms. The lowest BCUT2D eigenvalue weighted by molar-refractivity contribution is 0.619. The van der Waals surface area contributed by atoms with E-state index in [2.05, 4.69) is 76.8 Å². The zero-order chi connectivity index (χ0) is 14.1. The maximum absolute atomic E-state index is 4.94. The second-order valence-corrected chi connectivity index (χ2v) is 7.35. The van der Waals surface area contributed by atoms with Crippen LogP contribution >= 0.6 is 27.7 Å². The first kappa shape index (κ1) is 14.2. The molecule has 0 N–H and O–H groups in total. The van der Waals surface area contributed by atoms with Gasteiger partial charge in [0.2, 0.25) is 0 Å². The van der Waals surface area contributed by atoms with E-state index < -0.39 is 0 Å². The van der Waals surface area contributed by atoms with Crippen molar-refractivity contribution >= 4 is 44.4 Å². The molecule has 1 saturated heterocycles. The van der Waals surface area contributed by atoms with Crippen molar-refractivity contribution in [3.05, 3.63) is 35.9 Å². The van der Waals surface area contributed by atoms with Crippen LogP contribution in [0.5, 0.6) is 0 Å². The highest BCUT2D eigenvalue weighted by molar-refractivity contribution is 9.08. The summed E-state index contributed by atoms with van der Waals surface area (Å²) in [7, 11) is 0. The minimum absolute atomic E-state index is 0.528. The number of benzene rings is 1. The number of hydrogen-bond donors (Lipinski definition) is 0. The first-order valence-electron chi connectivity index (χ1n) is 7.03. The highest BCUT2D eigenvalue weighted by atomic mass is 79.9. The van der Waals surface area contributed by atoms with Crippen molar-refractivity contribution in [3.8, 4) is 0 Å². The zero-order valence-corrected chi connectivity index (χ0v) is 14.2. The third kappa shape index (κ3) is 2.56. The molecular weight excluding hydrogens is 332 g/mol. The van der Waals surface area contributed by atoms with Gasteiger partial charge in [-0.05, 0) is 19.1 Å². The van der Waals surface area contributed by atoms with Gasteiger partial charge in [0.05, 0.1) is 5.52 Å². The molecule has 0 aliphatic carbocycles. The normalized spacial score (nSPS) is 23.2. The van der Waals surface area contributed by atoms with Crippen molar-refractivity contribution in [1.82, 2.24) is 4.98 Å². The van der Waals surface area contributed by atoms with E-state index in [1.165, 1.54) is 16.7 Å². The second kappa shape index (κ2) is 5.94. The van der Waals surface area contributed by atoms with Gasteiger partial charge in [0.1, 0.15) is 5.82 Å². The van der Waals surface area contributed by atoms with Crippen LogP contribution in [-0.2, 0) is 5.33 Å². The lowest BCUT2D eigenvalue weighted by Crippen LogP contribution is -2.45. The van der Waals surface area contributed by atoms with Gasteiger partial charge in [-0.3, -0.25) is 0 Å². The Balaban J connectivity index is 2.09. The topological polar surface area (TPSA) is 16.1 Å². The van der Waals surface area contributed by atoms with E-state index >= 15 is 0 Å². The fourth-order valence-electron chi connectivity index (χ4n) is 2.73. The number of para-hydroxylation sites is 1. The molecule has 0 spiro atoms. The second-order valence-electron chi connectivity index (χ2n) is 5.31. The molecule has 0 radical (unpaired) electrons. The van der Waals surface area contributed by atoms with Crippen LogP contribution in [0.15, 0.2) is 30.3 Å². The van der Waals surface area contributed by atoms with Gasteiger partial charge in [0.25, 0.3) is 0 Å².